The van der Waals surface area contributed by atoms with Gasteiger partial charge in [-0.1, -0.05) is 25.7 Å². The van der Waals surface area contributed by atoms with Crippen molar-refractivity contribution in [2.45, 2.75) is 83.5 Å². The zero-order chi connectivity index (χ0) is 27.5. The number of ether oxygens (including phenoxy) is 3. The highest BCUT2D eigenvalue weighted by Crippen LogP contribution is 2.17. The third kappa shape index (κ3) is 17.4. The van der Waals surface area contributed by atoms with Crippen molar-refractivity contribution in [1.82, 2.24) is 4.90 Å². The van der Waals surface area contributed by atoms with E-state index in [0.29, 0.717) is 32.2 Å². The third-order valence-corrected chi connectivity index (χ3v) is 6.19. The van der Waals surface area contributed by atoms with Crippen molar-refractivity contribution >= 4 is 29.8 Å². The van der Waals surface area contributed by atoms with E-state index in [1.807, 2.05) is 7.05 Å². The number of esters is 3. The van der Waals surface area contributed by atoms with E-state index in [1.165, 1.54) is 0 Å². The van der Waals surface area contributed by atoms with Gasteiger partial charge in [-0.15, -0.1) is 0 Å². The Kier molecular flexibility index (Phi) is 17.0. The summed E-state index contributed by atoms with van der Waals surface area (Å²) in [5.74, 6) is -3.46. The zero-order valence-corrected chi connectivity index (χ0v) is 22.0. The fourth-order valence-corrected chi connectivity index (χ4v) is 3.95. The summed E-state index contributed by atoms with van der Waals surface area (Å²) in [4.78, 5) is 59.7. The van der Waals surface area contributed by atoms with E-state index in [0.717, 1.165) is 38.6 Å². The molecule has 1 heterocycles. The second kappa shape index (κ2) is 19.4. The number of unbranched alkanes of at least 4 members (excludes halogenated alkanes) is 6. The SMILES string of the molecule is CN1CCC(C(=O)OCC(COC(=O)CCCCCCC(=O)O)COC(=O)CCCCCCC(=O)O)C1. The van der Waals surface area contributed by atoms with Crippen LogP contribution in [-0.2, 0) is 38.2 Å². The van der Waals surface area contributed by atoms with E-state index >= 15 is 0 Å². The number of nitrogens with zero attached hydrogens (tertiary/aromatic N) is 1. The Morgan fingerprint density at radius 3 is 1.54 bits per heavy atom. The predicted octanol–water partition coefficient (Wildman–Crippen LogP) is 3.03. The molecule has 0 spiro atoms. The molecule has 1 unspecified atom stereocenters. The van der Waals surface area contributed by atoms with Crippen LogP contribution in [0.4, 0.5) is 0 Å². The lowest BCUT2D eigenvalue weighted by Crippen LogP contribution is -2.29. The van der Waals surface area contributed by atoms with Gasteiger partial charge in [-0.3, -0.25) is 24.0 Å². The summed E-state index contributed by atoms with van der Waals surface area (Å²) in [7, 11) is 1.94. The van der Waals surface area contributed by atoms with Crippen molar-refractivity contribution in [3.63, 3.8) is 0 Å². The lowest BCUT2D eigenvalue weighted by atomic mass is 10.1. The summed E-state index contributed by atoms with van der Waals surface area (Å²) in [6, 6.07) is 0. The highest BCUT2D eigenvalue weighted by atomic mass is 16.6. The van der Waals surface area contributed by atoms with Crippen molar-refractivity contribution in [2.24, 2.45) is 11.8 Å². The van der Waals surface area contributed by atoms with Gasteiger partial charge in [-0.2, -0.15) is 0 Å². The Labute approximate surface area is 218 Å². The summed E-state index contributed by atoms with van der Waals surface area (Å²) in [6.45, 7) is 1.34. The van der Waals surface area contributed by atoms with Crippen LogP contribution in [0.2, 0.25) is 0 Å². The molecule has 0 radical (unpaired) electrons. The van der Waals surface area contributed by atoms with Gasteiger partial charge < -0.3 is 29.3 Å². The first kappa shape index (κ1) is 32.3. The van der Waals surface area contributed by atoms with Gasteiger partial charge >= 0.3 is 29.8 Å². The van der Waals surface area contributed by atoms with Crippen LogP contribution >= 0.6 is 0 Å². The predicted molar refractivity (Wildman–Crippen MR) is 133 cm³/mol. The fraction of sp³-hybridized carbons (Fsp3) is 0.808. The van der Waals surface area contributed by atoms with Gasteiger partial charge in [0.05, 0.1) is 11.8 Å². The molecule has 0 aromatic carbocycles. The van der Waals surface area contributed by atoms with Gasteiger partial charge in [0, 0.05) is 32.2 Å². The van der Waals surface area contributed by atoms with Gasteiger partial charge in [-0.25, -0.2) is 0 Å². The molecular formula is C26H43NO10. The first-order valence-corrected chi connectivity index (χ1v) is 13.3. The zero-order valence-electron chi connectivity index (χ0n) is 22.0. The number of hydrogen-bond acceptors (Lipinski definition) is 9. The van der Waals surface area contributed by atoms with Gasteiger partial charge in [0.1, 0.15) is 19.8 Å². The first-order chi connectivity index (χ1) is 17.7. The van der Waals surface area contributed by atoms with Crippen LogP contribution in [0.5, 0.6) is 0 Å². The largest absolute Gasteiger partial charge is 0.481 e. The second-order valence-electron chi connectivity index (χ2n) is 9.73. The minimum absolute atomic E-state index is 0.0238. The maximum absolute atomic E-state index is 12.4. The molecule has 1 saturated heterocycles. The molecule has 1 aliphatic rings. The minimum atomic E-state index is -0.831. The highest BCUT2D eigenvalue weighted by Gasteiger charge is 2.28. The molecule has 1 atom stereocenters. The Balaban J connectivity index is 2.37. The van der Waals surface area contributed by atoms with E-state index < -0.39 is 29.8 Å². The molecular weight excluding hydrogens is 486 g/mol. The normalized spacial score (nSPS) is 15.5. The summed E-state index contributed by atoms with van der Waals surface area (Å²) < 4.78 is 16.1. The van der Waals surface area contributed by atoms with Crippen LogP contribution in [-0.4, -0.2) is 84.9 Å². The lowest BCUT2D eigenvalue weighted by molar-refractivity contribution is -0.155. The molecule has 11 nitrogen and oxygen atoms in total. The molecule has 1 fully saturated rings. The molecule has 1 aliphatic heterocycles. The fourth-order valence-electron chi connectivity index (χ4n) is 3.95. The van der Waals surface area contributed by atoms with Gasteiger partial charge in [0.25, 0.3) is 0 Å². The van der Waals surface area contributed by atoms with Crippen molar-refractivity contribution in [3.05, 3.63) is 0 Å². The van der Waals surface area contributed by atoms with E-state index in [9.17, 15) is 24.0 Å². The maximum Gasteiger partial charge on any atom is 0.310 e. The van der Waals surface area contributed by atoms with Gasteiger partial charge in [0.15, 0.2) is 0 Å². The van der Waals surface area contributed by atoms with Crippen LogP contribution in [0.15, 0.2) is 0 Å². The smallest absolute Gasteiger partial charge is 0.310 e. The third-order valence-electron chi connectivity index (χ3n) is 6.19. The lowest BCUT2D eigenvalue weighted by Gasteiger charge is -2.19. The molecule has 0 aliphatic carbocycles. The van der Waals surface area contributed by atoms with E-state index in [1.54, 1.807) is 0 Å². The standard InChI is InChI=1S/C26H43NO10/c1-27-15-14-21(16-27)26(34)37-19-20(17-35-24(32)12-8-4-2-6-10-22(28)29)18-36-25(33)13-9-5-3-7-11-23(30)31/h20-21H,2-19H2,1H3,(H,28,29)(H,30,31). The number of likely N-dealkylation sites (tertiary alicyclic amines) is 1. The Bertz CT molecular complexity index is 684. The average molecular weight is 530 g/mol. The Morgan fingerprint density at radius 2 is 1.14 bits per heavy atom. The van der Waals surface area contributed by atoms with Gasteiger partial charge in [-0.05, 0) is 45.7 Å². The number of hydrogen-bond donors (Lipinski definition) is 2. The van der Waals surface area contributed by atoms with Crippen LogP contribution in [0.25, 0.3) is 0 Å². The Hall–Kier alpha value is -2.69. The quantitative estimate of drug-likeness (QED) is 0.128. The van der Waals surface area contributed by atoms with Crippen molar-refractivity contribution < 1.29 is 48.4 Å². The molecule has 1 rings (SSSR count). The summed E-state index contributed by atoms with van der Waals surface area (Å²) >= 11 is 0. The molecule has 212 valence electrons. The topological polar surface area (TPSA) is 157 Å². The molecule has 37 heavy (non-hydrogen) atoms. The Morgan fingerprint density at radius 1 is 0.703 bits per heavy atom. The molecule has 0 bridgehead atoms. The maximum atomic E-state index is 12.4. The number of aliphatic carboxylic acids is 2. The van der Waals surface area contributed by atoms with Crippen molar-refractivity contribution in [2.75, 3.05) is 40.0 Å². The molecule has 0 amide bonds. The number of carboxylic acids is 2. The number of carbonyl (C=O) groups is 5. The monoisotopic (exact) mass is 529 g/mol. The second-order valence-corrected chi connectivity index (χ2v) is 9.73. The summed E-state index contributed by atoms with van der Waals surface area (Å²) in [6.07, 6.45) is 6.60. The van der Waals surface area contributed by atoms with E-state index in [-0.39, 0.29) is 57.4 Å². The van der Waals surface area contributed by atoms with Crippen LogP contribution in [0.3, 0.4) is 0 Å². The van der Waals surface area contributed by atoms with Crippen molar-refractivity contribution in [1.29, 1.82) is 0 Å². The van der Waals surface area contributed by atoms with Gasteiger partial charge in [0.2, 0.25) is 0 Å². The molecule has 0 saturated carbocycles. The molecule has 2 N–H and O–H groups in total. The number of carboxylic acid groups (broad SMARTS) is 2. The average Bonchev–Trinajstić information content (AvgIpc) is 3.28. The highest BCUT2D eigenvalue weighted by molar-refractivity contribution is 5.73. The van der Waals surface area contributed by atoms with E-state index in [2.05, 4.69) is 4.90 Å². The van der Waals surface area contributed by atoms with Crippen LogP contribution in [0.1, 0.15) is 83.5 Å². The molecule has 0 aromatic heterocycles. The summed E-state index contributed by atoms with van der Waals surface area (Å²) in [5.41, 5.74) is 0. The first-order valence-electron chi connectivity index (χ1n) is 13.3. The molecule has 0 aromatic rings. The minimum Gasteiger partial charge on any atom is -0.481 e. The van der Waals surface area contributed by atoms with Crippen LogP contribution in [0, 0.1) is 11.8 Å². The number of carbonyl (C=O) groups excluding carboxylic acids is 3. The van der Waals surface area contributed by atoms with E-state index in [4.69, 9.17) is 24.4 Å². The number of rotatable bonds is 21. The molecule has 11 heteroatoms. The van der Waals surface area contributed by atoms with Crippen molar-refractivity contribution in [3.8, 4) is 0 Å². The summed E-state index contributed by atoms with van der Waals surface area (Å²) in [5, 5.41) is 17.3. The van der Waals surface area contributed by atoms with Crippen LogP contribution < -0.4 is 0 Å².